The van der Waals surface area contributed by atoms with Crippen LogP contribution < -0.4 is 4.74 Å². The molecule has 0 aliphatic carbocycles. The van der Waals surface area contributed by atoms with Crippen LogP contribution in [0.1, 0.15) is 41.9 Å². The van der Waals surface area contributed by atoms with E-state index >= 15 is 0 Å². The number of likely N-dealkylation sites (tertiary alicyclic amines) is 1. The van der Waals surface area contributed by atoms with Crippen molar-refractivity contribution < 1.29 is 9.53 Å². The number of hydrogen-bond donors (Lipinski definition) is 0. The Hall–Kier alpha value is -3.59. The molecular formula is C24H24N4O2. The van der Waals surface area contributed by atoms with E-state index in [9.17, 15) is 10.1 Å². The van der Waals surface area contributed by atoms with Crippen LogP contribution in [0.2, 0.25) is 0 Å². The molecule has 2 heterocycles. The number of amides is 1. The lowest BCUT2D eigenvalue weighted by Gasteiger charge is -2.20. The number of benzene rings is 2. The van der Waals surface area contributed by atoms with Crippen LogP contribution in [-0.2, 0) is 11.3 Å². The molecule has 1 aromatic heterocycles. The topological polar surface area (TPSA) is 71.2 Å². The van der Waals surface area contributed by atoms with Gasteiger partial charge >= 0.3 is 0 Å². The zero-order valence-electron chi connectivity index (χ0n) is 17.0. The second kappa shape index (κ2) is 8.83. The highest BCUT2D eigenvalue weighted by atomic mass is 16.5. The molecule has 152 valence electrons. The summed E-state index contributed by atoms with van der Waals surface area (Å²) in [5.74, 6) is 1.15. The fraction of sp³-hybridized carbons (Fsp3) is 0.292. The summed E-state index contributed by atoms with van der Waals surface area (Å²) in [6.07, 6.45) is 8.28. The maximum Gasteiger partial charge on any atom is 0.229 e. The van der Waals surface area contributed by atoms with E-state index in [0.717, 1.165) is 36.9 Å². The molecule has 3 aromatic rings. The van der Waals surface area contributed by atoms with Crippen molar-refractivity contribution >= 4 is 5.91 Å². The molecule has 1 aliphatic rings. The van der Waals surface area contributed by atoms with Crippen molar-refractivity contribution in [3.63, 3.8) is 0 Å². The van der Waals surface area contributed by atoms with E-state index in [1.165, 1.54) is 0 Å². The van der Waals surface area contributed by atoms with Gasteiger partial charge in [0, 0.05) is 32.5 Å². The fourth-order valence-corrected chi connectivity index (χ4v) is 3.86. The second-order valence-electron chi connectivity index (χ2n) is 7.66. The summed E-state index contributed by atoms with van der Waals surface area (Å²) in [7, 11) is 1.87. The molecular weight excluding hydrogens is 376 g/mol. The summed E-state index contributed by atoms with van der Waals surface area (Å²) < 4.78 is 8.07. The lowest BCUT2D eigenvalue weighted by Crippen LogP contribution is -2.30. The molecule has 0 bridgehead atoms. The quantitative estimate of drug-likeness (QED) is 0.639. The average Bonchev–Trinajstić information content (AvgIpc) is 3.20. The van der Waals surface area contributed by atoms with E-state index in [-0.39, 0.29) is 11.8 Å². The molecule has 1 unspecified atom stereocenters. The molecule has 6 nitrogen and oxygen atoms in total. The summed E-state index contributed by atoms with van der Waals surface area (Å²) in [6, 6.07) is 15.4. The molecule has 1 atom stereocenters. The van der Waals surface area contributed by atoms with Crippen LogP contribution in [0.15, 0.2) is 61.2 Å². The Bertz CT molecular complexity index is 1070. The molecule has 0 radical (unpaired) electrons. The standard InChI is InChI=1S/C24H24N4O2/c1-27-11-3-2-7-22(24(27)29)19-5-4-6-21(14-19)30-23-13-18(8-9-20(23)15-25)16-28-12-10-26-17-28/h4-6,8-10,12-14,17,22H,2-3,7,11,16H2,1H3. The van der Waals surface area contributed by atoms with Gasteiger partial charge in [-0.15, -0.1) is 0 Å². The zero-order valence-corrected chi connectivity index (χ0v) is 17.0. The summed E-state index contributed by atoms with van der Waals surface area (Å²) >= 11 is 0. The van der Waals surface area contributed by atoms with Gasteiger partial charge in [0.15, 0.2) is 0 Å². The Kier molecular flexibility index (Phi) is 5.80. The maximum atomic E-state index is 12.7. The first-order valence-corrected chi connectivity index (χ1v) is 10.2. The summed E-state index contributed by atoms with van der Waals surface area (Å²) in [4.78, 5) is 18.6. The van der Waals surface area contributed by atoms with Gasteiger partial charge in [0.1, 0.15) is 17.6 Å². The molecule has 1 aliphatic heterocycles. The van der Waals surface area contributed by atoms with Crippen molar-refractivity contribution in [2.24, 2.45) is 0 Å². The number of imidazole rings is 1. The number of nitrogens with zero attached hydrogens (tertiary/aromatic N) is 4. The first-order chi connectivity index (χ1) is 14.6. The first kappa shape index (κ1) is 19.7. The number of carbonyl (C=O) groups excluding carboxylic acids is 1. The van der Waals surface area contributed by atoms with E-state index in [0.29, 0.717) is 23.6 Å². The van der Waals surface area contributed by atoms with E-state index in [4.69, 9.17) is 4.74 Å². The van der Waals surface area contributed by atoms with E-state index in [1.54, 1.807) is 18.6 Å². The van der Waals surface area contributed by atoms with Crippen LogP contribution in [0, 0.1) is 11.3 Å². The third-order valence-electron chi connectivity index (χ3n) is 5.49. The highest BCUT2D eigenvalue weighted by Gasteiger charge is 2.26. The van der Waals surface area contributed by atoms with Crippen LogP contribution in [0.5, 0.6) is 11.5 Å². The highest BCUT2D eigenvalue weighted by Crippen LogP contribution is 2.32. The van der Waals surface area contributed by atoms with Gasteiger partial charge in [-0.05, 0) is 48.2 Å². The van der Waals surface area contributed by atoms with Crippen molar-refractivity contribution in [2.75, 3.05) is 13.6 Å². The zero-order chi connectivity index (χ0) is 20.9. The molecule has 0 saturated carbocycles. The Balaban J connectivity index is 1.59. The van der Waals surface area contributed by atoms with Crippen molar-refractivity contribution in [3.05, 3.63) is 77.9 Å². The number of likely N-dealkylation sites (N-methyl/N-ethyl adjacent to an activating group) is 1. The van der Waals surface area contributed by atoms with Gasteiger partial charge in [-0.25, -0.2) is 4.98 Å². The predicted molar refractivity (Wildman–Crippen MR) is 113 cm³/mol. The number of ether oxygens (including phenoxy) is 1. The number of carbonyl (C=O) groups is 1. The third kappa shape index (κ3) is 4.36. The predicted octanol–water partition coefficient (Wildman–Crippen LogP) is 4.32. The molecule has 1 saturated heterocycles. The van der Waals surface area contributed by atoms with Crippen molar-refractivity contribution in [1.82, 2.24) is 14.5 Å². The van der Waals surface area contributed by atoms with Gasteiger partial charge in [-0.1, -0.05) is 24.6 Å². The molecule has 0 spiro atoms. The fourth-order valence-electron chi connectivity index (χ4n) is 3.86. The van der Waals surface area contributed by atoms with Gasteiger partial charge in [0.05, 0.1) is 17.8 Å². The number of hydrogen-bond acceptors (Lipinski definition) is 4. The summed E-state index contributed by atoms with van der Waals surface area (Å²) in [5.41, 5.74) is 2.44. The maximum absolute atomic E-state index is 12.7. The van der Waals surface area contributed by atoms with Crippen LogP contribution in [0.3, 0.4) is 0 Å². The molecule has 1 fully saturated rings. The Morgan fingerprint density at radius 2 is 2.13 bits per heavy atom. The van der Waals surface area contributed by atoms with Crippen molar-refractivity contribution in [1.29, 1.82) is 5.26 Å². The lowest BCUT2D eigenvalue weighted by molar-refractivity contribution is -0.130. The molecule has 4 rings (SSSR count). The number of rotatable bonds is 5. The molecule has 30 heavy (non-hydrogen) atoms. The van der Waals surface area contributed by atoms with Crippen LogP contribution >= 0.6 is 0 Å². The van der Waals surface area contributed by atoms with Crippen molar-refractivity contribution in [2.45, 2.75) is 31.7 Å². The Morgan fingerprint density at radius 1 is 1.23 bits per heavy atom. The smallest absolute Gasteiger partial charge is 0.229 e. The van der Waals surface area contributed by atoms with Gasteiger partial charge in [0.25, 0.3) is 0 Å². The van der Waals surface area contributed by atoms with E-state index < -0.39 is 0 Å². The molecule has 6 heteroatoms. The summed E-state index contributed by atoms with van der Waals surface area (Å²) in [5, 5.41) is 9.50. The lowest BCUT2D eigenvalue weighted by atomic mass is 9.93. The first-order valence-electron chi connectivity index (χ1n) is 10.2. The molecule has 0 N–H and O–H groups in total. The largest absolute Gasteiger partial charge is 0.456 e. The third-order valence-corrected chi connectivity index (χ3v) is 5.49. The van der Waals surface area contributed by atoms with Crippen LogP contribution in [-0.4, -0.2) is 34.0 Å². The monoisotopic (exact) mass is 400 g/mol. The second-order valence-corrected chi connectivity index (χ2v) is 7.66. The minimum Gasteiger partial charge on any atom is -0.456 e. The highest BCUT2D eigenvalue weighted by molar-refractivity contribution is 5.83. The van der Waals surface area contributed by atoms with Crippen LogP contribution in [0.4, 0.5) is 0 Å². The van der Waals surface area contributed by atoms with Gasteiger partial charge in [0.2, 0.25) is 5.91 Å². The van der Waals surface area contributed by atoms with E-state index in [2.05, 4.69) is 11.1 Å². The average molecular weight is 400 g/mol. The minimum atomic E-state index is -0.149. The number of nitriles is 1. The minimum absolute atomic E-state index is 0.149. The molecule has 2 aromatic carbocycles. The van der Waals surface area contributed by atoms with Crippen LogP contribution in [0.25, 0.3) is 0 Å². The SMILES string of the molecule is CN1CCCCC(c2cccc(Oc3cc(Cn4ccnc4)ccc3C#N)c2)C1=O. The Labute approximate surface area is 176 Å². The van der Waals surface area contributed by atoms with Gasteiger partial charge in [-0.3, -0.25) is 4.79 Å². The van der Waals surface area contributed by atoms with E-state index in [1.807, 2.05) is 59.1 Å². The summed E-state index contributed by atoms with van der Waals surface area (Å²) in [6.45, 7) is 1.45. The number of aromatic nitrogens is 2. The molecule has 1 amide bonds. The Morgan fingerprint density at radius 3 is 2.93 bits per heavy atom. The van der Waals surface area contributed by atoms with Crippen molar-refractivity contribution in [3.8, 4) is 17.6 Å². The van der Waals surface area contributed by atoms with Gasteiger partial charge in [-0.2, -0.15) is 5.26 Å². The normalized spacial score (nSPS) is 16.7. The van der Waals surface area contributed by atoms with Gasteiger partial charge < -0.3 is 14.2 Å².